The van der Waals surface area contributed by atoms with E-state index < -0.39 is 10.0 Å². The number of benzene rings is 3. The van der Waals surface area contributed by atoms with Gasteiger partial charge in [0, 0.05) is 10.7 Å². The second-order valence-corrected chi connectivity index (χ2v) is 9.39. The molecule has 1 N–H and O–H groups in total. The first-order valence-corrected chi connectivity index (χ1v) is 11.8. The fourth-order valence-electron chi connectivity index (χ4n) is 2.92. The number of nitrogens with one attached hydrogen (secondary N) is 1. The maximum Gasteiger partial charge on any atom is 0.262 e. The van der Waals surface area contributed by atoms with Crippen molar-refractivity contribution >= 4 is 38.9 Å². The molecule has 0 aliphatic rings. The number of ether oxygens (including phenoxy) is 1. The second kappa shape index (κ2) is 9.85. The van der Waals surface area contributed by atoms with Gasteiger partial charge >= 0.3 is 0 Å². The van der Waals surface area contributed by atoms with Crippen LogP contribution < -0.4 is 14.4 Å². The predicted molar refractivity (Wildman–Crippen MR) is 124 cm³/mol. The average molecular weight is 459 g/mol. The molecular weight excluding hydrogens is 436 g/mol. The molecule has 0 saturated heterocycles. The molecule has 0 atom stereocenters. The molecule has 0 heterocycles. The zero-order valence-corrected chi connectivity index (χ0v) is 18.8. The highest BCUT2D eigenvalue weighted by molar-refractivity contribution is 7.92. The van der Waals surface area contributed by atoms with E-state index in [-0.39, 0.29) is 19.1 Å². The quantitative estimate of drug-likeness (QED) is 0.534. The van der Waals surface area contributed by atoms with E-state index in [1.165, 1.54) is 10.6 Å². The zero-order valence-electron chi connectivity index (χ0n) is 17.2. The lowest BCUT2D eigenvalue weighted by Gasteiger charge is -2.22. The third-order valence-corrected chi connectivity index (χ3v) is 5.91. The number of hydrogen-bond donors (Lipinski definition) is 1. The smallest absolute Gasteiger partial charge is 0.262 e. The minimum Gasteiger partial charge on any atom is -0.484 e. The summed E-state index contributed by atoms with van der Waals surface area (Å²) in [5, 5.41) is 3.29. The molecule has 162 valence electrons. The Labute approximate surface area is 187 Å². The van der Waals surface area contributed by atoms with Gasteiger partial charge in [0.1, 0.15) is 5.75 Å². The molecule has 0 aliphatic carbocycles. The van der Waals surface area contributed by atoms with Crippen LogP contribution in [0, 0.1) is 6.92 Å². The summed E-state index contributed by atoms with van der Waals surface area (Å²) in [4.78, 5) is 12.2. The summed E-state index contributed by atoms with van der Waals surface area (Å²) in [6, 6.07) is 21.2. The number of nitrogens with zero attached hydrogens (tertiary/aromatic N) is 1. The molecule has 3 aromatic rings. The van der Waals surface area contributed by atoms with Gasteiger partial charge in [-0.2, -0.15) is 0 Å². The van der Waals surface area contributed by atoms with E-state index in [2.05, 4.69) is 5.32 Å². The van der Waals surface area contributed by atoms with Gasteiger partial charge in [0.15, 0.2) is 6.61 Å². The van der Waals surface area contributed by atoms with Gasteiger partial charge in [0.2, 0.25) is 10.0 Å². The van der Waals surface area contributed by atoms with Crippen LogP contribution in [0.4, 0.5) is 11.4 Å². The fourth-order valence-corrected chi connectivity index (χ4v) is 3.98. The molecule has 0 saturated carbocycles. The summed E-state index contributed by atoms with van der Waals surface area (Å²) in [5.41, 5.74) is 2.90. The number of rotatable bonds is 8. The summed E-state index contributed by atoms with van der Waals surface area (Å²) in [6.45, 7) is 1.90. The molecule has 0 unspecified atom stereocenters. The van der Waals surface area contributed by atoms with Crippen molar-refractivity contribution in [3.63, 3.8) is 0 Å². The third-order valence-electron chi connectivity index (χ3n) is 4.54. The van der Waals surface area contributed by atoms with Crippen LogP contribution >= 0.6 is 11.6 Å². The van der Waals surface area contributed by atoms with Crippen molar-refractivity contribution in [1.82, 2.24) is 0 Å². The summed E-state index contributed by atoms with van der Waals surface area (Å²) in [5.74, 6) is 0.131. The lowest BCUT2D eigenvalue weighted by Crippen LogP contribution is -2.29. The highest BCUT2D eigenvalue weighted by Crippen LogP contribution is 2.24. The van der Waals surface area contributed by atoms with Crippen LogP contribution in [0.3, 0.4) is 0 Å². The molecule has 0 fully saturated rings. The summed E-state index contributed by atoms with van der Waals surface area (Å²) in [6.07, 6.45) is 1.17. The van der Waals surface area contributed by atoms with E-state index in [0.29, 0.717) is 22.1 Å². The Bertz CT molecular complexity index is 1150. The van der Waals surface area contributed by atoms with Gasteiger partial charge in [-0.05, 0) is 54.4 Å². The highest BCUT2D eigenvalue weighted by atomic mass is 35.5. The van der Waals surface area contributed by atoms with Gasteiger partial charge in [-0.3, -0.25) is 9.10 Å². The molecule has 6 nitrogen and oxygen atoms in total. The molecule has 3 aromatic carbocycles. The first-order valence-electron chi connectivity index (χ1n) is 9.53. The van der Waals surface area contributed by atoms with Gasteiger partial charge in [-0.25, -0.2) is 8.42 Å². The number of aryl methyl sites for hydroxylation is 1. The molecule has 1 amide bonds. The largest absolute Gasteiger partial charge is 0.484 e. The van der Waals surface area contributed by atoms with Gasteiger partial charge < -0.3 is 10.1 Å². The van der Waals surface area contributed by atoms with E-state index in [9.17, 15) is 13.2 Å². The third kappa shape index (κ3) is 6.47. The normalized spacial score (nSPS) is 11.1. The average Bonchev–Trinajstić information content (AvgIpc) is 2.74. The van der Waals surface area contributed by atoms with Crippen molar-refractivity contribution in [3.05, 3.63) is 88.9 Å². The molecule has 31 heavy (non-hydrogen) atoms. The summed E-state index contributed by atoms with van der Waals surface area (Å²) in [7, 11) is -3.48. The maximum atomic E-state index is 12.3. The van der Waals surface area contributed by atoms with E-state index in [1.807, 2.05) is 43.3 Å². The van der Waals surface area contributed by atoms with E-state index in [0.717, 1.165) is 11.1 Å². The minimum atomic E-state index is -3.48. The maximum absolute atomic E-state index is 12.3. The Kier molecular flexibility index (Phi) is 7.20. The van der Waals surface area contributed by atoms with Crippen molar-refractivity contribution < 1.29 is 17.9 Å². The number of halogens is 1. The Morgan fingerprint density at radius 3 is 2.35 bits per heavy atom. The van der Waals surface area contributed by atoms with Gasteiger partial charge in [-0.15, -0.1) is 0 Å². The van der Waals surface area contributed by atoms with Crippen molar-refractivity contribution in [2.45, 2.75) is 13.5 Å². The number of carbonyl (C=O) groups excluding carboxylic acids is 1. The van der Waals surface area contributed by atoms with Crippen LogP contribution in [-0.4, -0.2) is 27.2 Å². The Balaban J connectivity index is 1.64. The molecule has 0 radical (unpaired) electrons. The predicted octanol–water partition coefficient (Wildman–Crippen LogP) is 4.63. The molecule has 3 rings (SSSR count). The highest BCUT2D eigenvalue weighted by Gasteiger charge is 2.18. The molecule has 0 spiro atoms. The lowest BCUT2D eigenvalue weighted by molar-refractivity contribution is -0.118. The molecule has 0 aromatic heterocycles. The first-order chi connectivity index (χ1) is 14.7. The minimum absolute atomic E-state index is 0.189. The van der Waals surface area contributed by atoms with Crippen molar-refractivity contribution in [3.8, 4) is 5.75 Å². The van der Waals surface area contributed by atoms with Crippen LogP contribution in [-0.2, 0) is 21.4 Å². The monoisotopic (exact) mass is 458 g/mol. The van der Waals surface area contributed by atoms with Crippen molar-refractivity contribution in [2.75, 3.05) is 22.5 Å². The fraction of sp³-hybridized carbons (Fsp3) is 0.174. The summed E-state index contributed by atoms with van der Waals surface area (Å²) >= 11 is 5.97. The standard InChI is InChI=1S/C23H23ClN2O4S/c1-17-8-9-19(24)14-22(17)25-23(27)16-30-21-12-10-20(11-13-21)26(31(2,28)29)15-18-6-4-3-5-7-18/h3-14H,15-16H2,1-2H3,(H,25,27). The Hall–Kier alpha value is -3.03. The Morgan fingerprint density at radius 1 is 1.03 bits per heavy atom. The van der Waals surface area contributed by atoms with Crippen LogP contribution in [0.25, 0.3) is 0 Å². The van der Waals surface area contributed by atoms with Gasteiger partial charge in [0.05, 0.1) is 18.5 Å². The van der Waals surface area contributed by atoms with Gasteiger partial charge in [0.25, 0.3) is 5.91 Å². The molecule has 0 aliphatic heterocycles. The van der Waals surface area contributed by atoms with Gasteiger partial charge in [-0.1, -0.05) is 48.0 Å². The van der Waals surface area contributed by atoms with E-state index >= 15 is 0 Å². The van der Waals surface area contributed by atoms with Crippen LogP contribution in [0.5, 0.6) is 5.75 Å². The number of carbonyl (C=O) groups is 1. The zero-order chi connectivity index (χ0) is 22.4. The van der Waals surface area contributed by atoms with Crippen LogP contribution in [0.2, 0.25) is 5.02 Å². The second-order valence-electron chi connectivity index (χ2n) is 7.05. The molecule has 8 heteroatoms. The van der Waals surface area contributed by atoms with Crippen molar-refractivity contribution in [1.29, 1.82) is 0 Å². The number of hydrogen-bond acceptors (Lipinski definition) is 4. The number of anilines is 2. The molecule has 0 bridgehead atoms. The van der Waals surface area contributed by atoms with E-state index in [4.69, 9.17) is 16.3 Å². The lowest BCUT2D eigenvalue weighted by atomic mass is 10.2. The SMILES string of the molecule is Cc1ccc(Cl)cc1NC(=O)COc1ccc(N(Cc2ccccc2)S(C)(=O)=O)cc1. The number of sulfonamides is 1. The summed E-state index contributed by atoms with van der Waals surface area (Å²) < 4.78 is 31.4. The number of amides is 1. The van der Waals surface area contributed by atoms with E-state index in [1.54, 1.807) is 36.4 Å². The van der Waals surface area contributed by atoms with Crippen LogP contribution in [0.15, 0.2) is 72.8 Å². The van der Waals surface area contributed by atoms with Crippen LogP contribution in [0.1, 0.15) is 11.1 Å². The Morgan fingerprint density at radius 2 is 1.71 bits per heavy atom. The topological polar surface area (TPSA) is 75.7 Å². The van der Waals surface area contributed by atoms with Crippen molar-refractivity contribution in [2.24, 2.45) is 0 Å². The molecular formula is C23H23ClN2O4S. The first kappa shape index (κ1) is 22.7.